The van der Waals surface area contributed by atoms with Gasteiger partial charge in [-0.2, -0.15) is 0 Å². The summed E-state index contributed by atoms with van der Waals surface area (Å²) >= 11 is 0. The highest BCUT2D eigenvalue weighted by molar-refractivity contribution is 6.38. The number of nitrogens with zero attached hydrogens (tertiary/aromatic N) is 1. The molecule has 1 heterocycles. The van der Waals surface area contributed by atoms with Gasteiger partial charge in [-0.1, -0.05) is 18.7 Å². The van der Waals surface area contributed by atoms with Crippen LogP contribution in [0.1, 0.15) is 56.8 Å². The molecule has 0 aliphatic carbocycles. The first-order valence-corrected chi connectivity index (χ1v) is 15.0. The second-order valence-electron chi connectivity index (χ2n) is 11.6. The molecule has 0 saturated carbocycles. The van der Waals surface area contributed by atoms with Gasteiger partial charge in [0.2, 0.25) is 5.78 Å². The summed E-state index contributed by atoms with van der Waals surface area (Å²) < 4.78 is 41.4. The van der Waals surface area contributed by atoms with Gasteiger partial charge in [-0.25, -0.2) is 18.8 Å². The number of carboxylic acid groups (broad SMARTS) is 1. The minimum Gasteiger partial charge on any atom is -0.493 e. The number of ether oxygens (including phenoxy) is 5. The molecular formula is C34H40FNO11. The molecule has 1 fully saturated rings. The number of rotatable bonds is 16. The number of esters is 2. The van der Waals surface area contributed by atoms with E-state index in [1.165, 1.54) is 45.1 Å². The summed E-state index contributed by atoms with van der Waals surface area (Å²) in [6, 6.07) is 8.19. The number of hydrogen-bond donors (Lipinski definition) is 1. The molecule has 1 aliphatic rings. The number of carbonyl (C=O) groups is 5. The van der Waals surface area contributed by atoms with Gasteiger partial charge in [-0.15, -0.1) is 0 Å². The summed E-state index contributed by atoms with van der Waals surface area (Å²) in [6.45, 7) is 5.44. The Morgan fingerprint density at radius 2 is 1.85 bits per heavy atom. The number of ketones is 1. The van der Waals surface area contributed by atoms with Crippen molar-refractivity contribution in [2.24, 2.45) is 5.41 Å². The third-order valence-corrected chi connectivity index (χ3v) is 7.63. The number of methoxy groups -OCH3 is 2. The number of piperidine rings is 1. The number of amides is 1. The standard InChI is InChI=1S/C34H40FNO11/c1-6-29(39)46-20-34(2,3)31(40)32(41)36-15-8-7-12-25(36)33(42)47-26(22-10-9-11-23(18-22)45-19-28(37)38)14-13-21-16-24(35)30(44-5)27(17-21)43-4/h6,9-11,16-18,25-26H,1,7-8,12-15,19-20H2,2-5H3,(H,37,38)/t25-,26?/m0/s1. The monoisotopic (exact) mass is 657 g/mol. The maximum absolute atomic E-state index is 14.7. The van der Waals surface area contributed by atoms with Crippen LogP contribution < -0.4 is 14.2 Å². The van der Waals surface area contributed by atoms with E-state index in [4.69, 9.17) is 28.8 Å². The van der Waals surface area contributed by atoms with Crippen molar-refractivity contribution >= 4 is 29.6 Å². The van der Waals surface area contributed by atoms with E-state index in [9.17, 15) is 28.4 Å². The predicted molar refractivity (Wildman–Crippen MR) is 166 cm³/mol. The molecule has 1 amide bonds. The Balaban J connectivity index is 1.87. The van der Waals surface area contributed by atoms with Crippen molar-refractivity contribution < 1.29 is 57.2 Å². The third-order valence-electron chi connectivity index (χ3n) is 7.63. The molecule has 0 aromatic heterocycles. The molecule has 1 unspecified atom stereocenters. The van der Waals surface area contributed by atoms with Crippen LogP contribution in [-0.4, -0.2) is 79.6 Å². The number of aliphatic carboxylic acids is 1. The van der Waals surface area contributed by atoms with Gasteiger partial charge in [0.25, 0.3) is 5.91 Å². The summed E-state index contributed by atoms with van der Waals surface area (Å²) in [4.78, 5) is 64.2. The van der Waals surface area contributed by atoms with Crippen LogP contribution in [-0.2, 0) is 39.9 Å². The largest absolute Gasteiger partial charge is 0.493 e. The van der Waals surface area contributed by atoms with Crippen molar-refractivity contribution in [3.63, 3.8) is 0 Å². The lowest BCUT2D eigenvalue weighted by Gasteiger charge is -2.36. The number of Topliss-reactive ketones (excluding diaryl/α,β-unsaturated/α-hetero) is 1. The quantitative estimate of drug-likeness (QED) is 0.157. The van der Waals surface area contributed by atoms with Crippen molar-refractivity contribution in [2.45, 2.75) is 58.1 Å². The van der Waals surface area contributed by atoms with Crippen molar-refractivity contribution in [1.82, 2.24) is 4.90 Å². The SMILES string of the molecule is C=CC(=O)OCC(C)(C)C(=O)C(=O)N1CCCC[C@H]1C(=O)OC(CCc1cc(F)c(OC)c(OC)c1)c1cccc(OCC(=O)O)c1. The first kappa shape index (κ1) is 36.5. The first-order chi connectivity index (χ1) is 22.3. The molecule has 254 valence electrons. The highest BCUT2D eigenvalue weighted by Gasteiger charge is 2.42. The average molecular weight is 658 g/mol. The molecule has 3 rings (SSSR count). The second-order valence-corrected chi connectivity index (χ2v) is 11.6. The van der Waals surface area contributed by atoms with E-state index in [1.54, 1.807) is 24.3 Å². The minimum absolute atomic E-state index is 0.0545. The van der Waals surface area contributed by atoms with Crippen LogP contribution in [0.2, 0.25) is 0 Å². The van der Waals surface area contributed by atoms with Gasteiger partial charge in [0.15, 0.2) is 23.9 Å². The highest BCUT2D eigenvalue weighted by atomic mass is 19.1. The van der Waals surface area contributed by atoms with E-state index < -0.39 is 59.6 Å². The molecule has 1 aliphatic heterocycles. The lowest BCUT2D eigenvalue weighted by molar-refractivity contribution is -0.165. The van der Waals surface area contributed by atoms with Crippen LogP contribution in [0.3, 0.4) is 0 Å². The Hall–Kier alpha value is -4.94. The second kappa shape index (κ2) is 16.6. The summed E-state index contributed by atoms with van der Waals surface area (Å²) in [5, 5.41) is 9.03. The zero-order valence-electron chi connectivity index (χ0n) is 26.9. The van der Waals surface area contributed by atoms with Gasteiger partial charge in [0, 0.05) is 12.6 Å². The molecular weight excluding hydrogens is 617 g/mol. The van der Waals surface area contributed by atoms with Crippen LogP contribution in [0.25, 0.3) is 0 Å². The number of hydrogen-bond acceptors (Lipinski definition) is 10. The molecule has 2 aromatic carbocycles. The van der Waals surface area contributed by atoms with Gasteiger partial charge in [-0.3, -0.25) is 9.59 Å². The van der Waals surface area contributed by atoms with E-state index >= 15 is 0 Å². The van der Waals surface area contributed by atoms with E-state index in [0.717, 1.165) is 6.08 Å². The number of benzene rings is 2. The predicted octanol–water partition coefficient (Wildman–Crippen LogP) is 4.23. The number of likely N-dealkylation sites (tertiary alicyclic amines) is 1. The van der Waals surface area contributed by atoms with Gasteiger partial charge < -0.3 is 33.7 Å². The molecule has 47 heavy (non-hydrogen) atoms. The van der Waals surface area contributed by atoms with Crippen LogP contribution in [0.4, 0.5) is 4.39 Å². The van der Waals surface area contributed by atoms with E-state index in [2.05, 4.69) is 6.58 Å². The van der Waals surface area contributed by atoms with Gasteiger partial charge in [0.05, 0.1) is 19.6 Å². The molecule has 13 heteroatoms. The number of carboxylic acids is 1. The zero-order valence-corrected chi connectivity index (χ0v) is 26.9. The molecule has 2 atom stereocenters. The van der Waals surface area contributed by atoms with Crippen molar-refractivity contribution in [1.29, 1.82) is 0 Å². The van der Waals surface area contributed by atoms with Crippen LogP contribution >= 0.6 is 0 Å². The molecule has 0 spiro atoms. The maximum atomic E-state index is 14.7. The first-order valence-electron chi connectivity index (χ1n) is 15.0. The lowest BCUT2D eigenvalue weighted by atomic mass is 9.87. The zero-order chi connectivity index (χ0) is 34.7. The van der Waals surface area contributed by atoms with Crippen LogP contribution in [0.5, 0.6) is 17.2 Å². The molecule has 1 N–H and O–H groups in total. The molecule has 12 nitrogen and oxygen atoms in total. The number of halogens is 1. The van der Waals surface area contributed by atoms with E-state index in [0.29, 0.717) is 24.0 Å². The topological polar surface area (TPSA) is 155 Å². The summed E-state index contributed by atoms with van der Waals surface area (Å²) in [5.74, 6) is -4.67. The molecule has 2 aromatic rings. The Morgan fingerprint density at radius 1 is 1.11 bits per heavy atom. The Kier molecular flexibility index (Phi) is 12.9. The Morgan fingerprint density at radius 3 is 2.51 bits per heavy atom. The summed E-state index contributed by atoms with van der Waals surface area (Å²) in [5.41, 5.74) is -0.369. The van der Waals surface area contributed by atoms with E-state index in [-0.39, 0.29) is 49.7 Å². The van der Waals surface area contributed by atoms with Crippen LogP contribution in [0, 0.1) is 11.2 Å². The normalized spacial score (nSPS) is 15.2. The highest BCUT2D eigenvalue weighted by Crippen LogP contribution is 2.34. The fourth-order valence-corrected chi connectivity index (χ4v) is 5.09. The minimum atomic E-state index is -1.37. The molecule has 1 saturated heterocycles. The maximum Gasteiger partial charge on any atom is 0.341 e. The summed E-state index contributed by atoms with van der Waals surface area (Å²) in [6.07, 6.45) is 1.81. The number of carbonyl (C=O) groups excluding carboxylic acids is 4. The smallest absolute Gasteiger partial charge is 0.341 e. The molecule has 0 radical (unpaired) electrons. The van der Waals surface area contributed by atoms with Crippen molar-refractivity contribution in [2.75, 3.05) is 34.0 Å². The average Bonchev–Trinajstić information content (AvgIpc) is 3.07. The third kappa shape index (κ3) is 9.77. The van der Waals surface area contributed by atoms with Gasteiger partial charge >= 0.3 is 17.9 Å². The Bertz CT molecular complexity index is 1490. The van der Waals surface area contributed by atoms with Gasteiger partial charge in [-0.05, 0) is 81.3 Å². The fourth-order valence-electron chi connectivity index (χ4n) is 5.09. The molecule has 0 bridgehead atoms. The van der Waals surface area contributed by atoms with Crippen molar-refractivity contribution in [3.05, 3.63) is 66.0 Å². The lowest BCUT2D eigenvalue weighted by Crippen LogP contribution is -2.53. The Labute approximate surface area is 272 Å². The van der Waals surface area contributed by atoms with Crippen LogP contribution in [0.15, 0.2) is 49.1 Å². The van der Waals surface area contributed by atoms with Gasteiger partial charge in [0.1, 0.15) is 24.5 Å². The summed E-state index contributed by atoms with van der Waals surface area (Å²) in [7, 11) is 2.70. The van der Waals surface area contributed by atoms with E-state index in [1.807, 2.05) is 0 Å². The van der Waals surface area contributed by atoms with Crippen molar-refractivity contribution in [3.8, 4) is 17.2 Å². The number of aryl methyl sites for hydroxylation is 1. The fraction of sp³-hybridized carbons (Fsp3) is 0.441.